The van der Waals surface area contributed by atoms with Gasteiger partial charge in [0.2, 0.25) is 5.91 Å². The molecule has 0 atom stereocenters. The summed E-state index contributed by atoms with van der Waals surface area (Å²) in [6.07, 6.45) is 3.40. The molecule has 2 heterocycles. The van der Waals surface area contributed by atoms with Crippen molar-refractivity contribution < 1.29 is 4.79 Å². The van der Waals surface area contributed by atoms with Crippen LogP contribution in [0.5, 0.6) is 0 Å². The molecule has 0 aliphatic heterocycles. The fourth-order valence-corrected chi connectivity index (χ4v) is 2.57. The zero-order valence-electron chi connectivity index (χ0n) is 12.9. The van der Waals surface area contributed by atoms with E-state index in [0.29, 0.717) is 28.1 Å². The fourth-order valence-electron chi connectivity index (χ4n) is 2.22. The summed E-state index contributed by atoms with van der Waals surface area (Å²) in [5.74, 6) is 0.249. The molecule has 3 rings (SSSR count). The Bertz CT molecular complexity index is 851. The van der Waals surface area contributed by atoms with Gasteiger partial charge < -0.3 is 5.32 Å². The van der Waals surface area contributed by atoms with Gasteiger partial charge in [0.15, 0.2) is 5.82 Å². The average Bonchev–Trinajstić information content (AvgIpc) is 3.08. The molecule has 124 valence electrons. The Balaban J connectivity index is 1.61. The smallest absolute Gasteiger partial charge is 0.247 e. The first-order chi connectivity index (χ1) is 11.5. The maximum atomic E-state index is 12.0. The van der Waals surface area contributed by atoms with E-state index in [1.54, 1.807) is 30.1 Å². The van der Waals surface area contributed by atoms with Crippen LogP contribution in [-0.2, 0) is 17.9 Å². The second-order valence-electron chi connectivity index (χ2n) is 5.30. The molecular formula is C16H15Cl2N5O. The molecule has 1 aromatic carbocycles. The van der Waals surface area contributed by atoms with Crippen molar-refractivity contribution >= 4 is 34.9 Å². The lowest BCUT2D eigenvalue weighted by Crippen LogP contribution is -2.19. The second kappa shape index (κ2) is 7.07. The van der Waals surface area contributed by atoms with E-state index in [2.05, 4.69) is 15.5 Å². The van der Waals surface area contributed by atoms with E-state index in [9.17, 15) is 4.79 Å². The number of benzene rings is 1. The Morgan fingerprint density at radius 2 is 1.92 bits per heavy atom. The summed E-state index contributed by atoms with van der Waals surface area (Å²) in [6.45, 7) is 2.39. The van der Waals surface area contributed by atoms with Crippen LogP contribution in [0.1, 0.15) is 11.3 Å². The third-order valence-electron chi connectivity index (χ3n) is 3.39. The molecule has 3 aromatic rings. The minimum atomic E-state index is -0.225. The van der Waals surface area contributed by atoms with E-state index in [1.165, 1.54) is 4.68 Å². The van der Waals surface area contributed by atoms with Gasteiger partial charge in [0.05, 0.1) is 17.3 Å². The largest absolute Gasteiger partial charge is 0.308 e. The van der Waals surface area contributed by atoms with Crippen molar-refractivity contribution in [1.82, 2.24) is 19.6 Å². The predicted octanol–water partition coefficient (Wildman–Crippen LogP) is 3.38. The summed E-state index contributed by atoms with van der Waals surface area (Å²) < 4.78 is 3.21. The van der Waals surface area contributed by atoms with Crippen molar-refractivity contribution in [3.05, 3.63) is 64.0 Å². The van der Waals surface area contributed by atoms with Crippen molar-refractivity contribution in [1.29, 1.82) is 0 Å². The monoisotopic (exact) mass is 363 g/mol. The van der Waals surface area contributed by atoms with E-state index in [4.69, 9.17) is 23.2 Å². The minimum absolute atomic E-state index is 0.0743. The van der Waals surface area contributed by atoms with Gasteiger partial charge in [-0.05, 0) is 18.6 Å². The Morgan fingerprint density at radius 3 is 2.62 bits per heavy atom. The van der Waals surface area contributed by atoms with Crippen molar-refractivity contribution in [2.75, 3.05) is 5.32 Å². The maximum absolute atomic E-state index is 12.0. The number of hydrogen-bond donors (Lipinski definition) is 1. The van der Waals surface area contributed by atoms with Gasteiger partial charge in [0, 0.05) is 23.5 Å². The molecule has 2 aromatic heterocycles. The van der Waals surface area contributed by atoms with Crippen LogP contribution in [0.3, 0.4) is 0 Å². The molecular weight excluding hydrogens is 349 g/mol. The van der Waals surface area contributed by atoms with Crippen LogP contribution in [-0.4, -0.2) is 25.5 Å². The summed E-state index contributed by atoms with van der Waals surface area (Å²) in [6, 6.07) is 9.30. The van der Waals surface area contributed by atoms with Crippen LogP contribution < -0.4 is 5.32 Å². The molecule has 24 heavy (non-hydrogen) atoms. The van der Waals surface area contributed by atoms with E-state index >= 15 is 0 Å². The van der Waals surface area contributed by atoms with Gasteiger partial charge in [0.25, 0.3) is 0 Å². The minimum Gasteiger partial charge on any atom is -0.308 e. The van der Waals surface area contributed by atoms with E-state index in [0.717, 1.165) is 5.56 Å². The Kier molecular flexibility index (Phi) is 4.87. The van der Waals surface area contributed by atoms with Gasteiger partial charge in [-0.3, -0.25) is 14.2 Å². The molecule has 8 heteroatoms. The van der Waals surface area contributed by atoms with Crippen LogP contribution in [0.25, 0.3) is 0 Å². The molecule has 1 amide bonds. The summed E-state index contributed by atoms with van der Waals surface area (Å²) >= 11 is 12.1. The lowest BCUT2D eigenvalue weighted by Gasteiger charge is -2.05. The van der Waals surface area contributed by atoms with E-state index in [1.807, 2.05) is 24.3 Å². The first-order valence-corrected chi connectivity index (χ1v) is 8.03. The van der Waals surface area contributed by atoms with Crippen molar-refractivity contribution in [3.63, 3.8) is 0 Å². The number of nitrogens with one attached hydrogen (secondary N) is 1. The SMILES string of the molecule is Cc1nn(CC(=O)Nc2ccn(Cc3ccccc3Cl)n2)cc1Cl. The number of halogens is 2. The predicted molar refractivity (Wildman–Crippen MR) is 93.4 cm³/mol. The third kappa shape index (κ3) is 3.96. The Labute approximate surface area is 149 Å². The maximum Gasteiger partial charge on any atom is 0.247 e. The first-order valence-electron chi connectivity index (χ1n) is 7.27. The highest BCUT2D eigenvalue weighted by Crippen LogP contribution is 2.16. The summed E-state index contributed by atoms with van der Waals surface area (Å²) in [7, 11) is 0. The van der Waals surface area contributed by atoms with Crippen LogP contribution >= 0.6 is 23.2 Å². The van der Waals surface area contributed by atoms with Crippen LogP contribution in [0, 0.1) is 6.92 Å². The topological polar surface area (TPSA) is 64.7 Å². The zero-order chi connectivity index (χ0) is 17.1. The zero-order valence-corrected chi connectivity index (χ0v) is 14.4. The number of amides is 1. The van der Waals surface area contributed by atoms with Crippen LogP contribution in [0.4, 0.5) is 5.82 Å². The summed E-state index contributed by atoms with van der Waals surface area (Å²) in [4.78, 5) is 12.0. The normalized spacial score (nSPS) is 10.8. The standard InChI is InChI=1S/C16H15Cl2N5O/c1-11-14(18)9-23(20-11)10-16(24)19-15-6-7-22(21-15)8-12-4-2-3-5-13(12)17/h2-7,9H,8,10H2,1H3,(H,19,21,24). The van der Waals surface area contributed by atoms with Gasteiger partial charge in [-0.15, -0.1) is 0 Å². The molecule has 0 saturated heterocycles. The van der Waals surface area contributed by atoms with Crippen molar-refractivity contribution in [2.45, 2.75) is 20.0 Å². The van der Waals surface area contributed by atoms with Crippen molar-refractivity contribution in [2.24, 2.45) is 0 Å². The number of carbonyl (C=O) groups excluding carboxylic acids is 1. The number of anilines is 1. The number of aromatic nitrogens is 4. The fraction of sp³-hybridized carbons (Fsp3) is 0.188. The molecule has 0 bridgehead atoms. The highest BCUT2D eigenvalue weighted by atomic mass is 35.5. The molecule has 0 aliphatic carbocycles. The lowest BCUT2D eigenvalue weighted by molar-refractivity contribution is -0.116. The quantitative estimate of drug-likeness (QED) is 0.755. The van der Waals surface area contributed by atoms with Gasteiger partial charge >= 0.3 is 0 Å². The van der Waals surface area contributed by atoms with Crippen LogP contribution in [0.2, 0.25) is 10.0 Å². The van der Waals surface area contributed by atoms with Crippen LogP contribution in [0.15, 0.2) is 42.7 Å². The molecule has 6 nitrogen and oxygen atoms in total. The third-order valence-corrected chi connectivity index (χ3v) is 4.13. The van der Waals surface area contributed by atoms with Crippen molar-refractivity contribution in [3.8, 4) is 0 Å². The Morgan fingerprint density at radius 1 is 1.12 bits per heavy atom. The average molecular weight is 364 g/mol. The lowest BCUT2D eigenvalue weighted by atomic mass is 10.2. The highest BCUT2D eigenvalue weighted by molar-refractivity contribution is 6.31. The number of rotatable bonds is 5. The first kappa shape index (κ1) is 16.5. The molecule has 0 fully saturated rings. The molecule has 1 N–H and O–H groups in total. The van der Waals surface area contributed by atoms with Gasteiger partial charge in [-0.1, -0.05) is 41.4 Å². The molecule has 0 radical (unpaired) electrons. The second-order valence-corrected chi connectivity index (χ2v) is 6.11. The van der Waals surface area contributed by atoms with Gasteiger partial charge in [-0.2, -0.15) is 10.2 Å². The number of aryl methyl sites for hydroxylation is 1. The number of carbonyl (C=O) groups is 1. The van der Waals surface area contributed by atoms with Gasteiger partial charge in [-0.25, -0.2) is 0 Å². The molecule has 0 aliphatic rings. The van der Waals surface area contributed by atoms with E-state index < -0.39 is 0 Å². The number of hydrogen-bond acceptors (Lipinski definition) is 3. The van der Waals surface area contributed by atoms with E-state index in [-0.39, 0.29) is 12.5 Å². The highest BCUT2D eigenvalue weighted by Gasteiger charge is 2.09. The molecule has 0 unspecified atom stereocenters. The molecule has 0 saturated carbocycles. The summed E-state index contributed by atoms with van der Waals surface area (Å²) in [5, 5.41) is 12.4. The summed E-state index contributed by atoms with van der Waals surface area (Å²) in [5.41, 5.74) is 1.65. The molecule has 0 spiro atoms. The van der Waals surface area contributed by atoms with Gasteiger partial charge in [0.1, 0.15) is 6.54 Å². The Hall–Kier alpha value is -2.31. The number of nitrogens with zero attached hydrogens (tertiary/aromatic N) is 4.